The number of carbonyl (C=O) groups is 2. The van der Waals surface area contributed by atoms with Crippen LogP contribution in [0.25, 0.3) is 0 Å². The predicted octanol–water partition coefficient (Wildman–Crippen LogP) is 1.80. The second-order valence-electron chi connectivity index (χ2n) is 3.40. The van der Waals surface area contributed by atoms with Crippen LogP contribution >= 0.6 is 0 Å². The summed E-state index contributed by atoms with van der Waals surface area (Å²) in [6.07, 6.45) is 4.14. The Bertz CT molecular complexity index is 596. The smallest absolute Gasteiger partial charge is 0.338 e. The molecule has 2 rings (SSSR count). The summed E-state index contributed by atoms with van der Waals surface area (Å²) in [5, 5.41) is 11.2. The first kappa shape index (κ1) is 11.8. The Labute approximate surface area is 101 Å². The fourth-order valence-corrected chi connectivity index (χ4v) is 1.33. The van der Waals surface area contributed by atoms with Gasteiger partial charge >= 0.3 is 12.0 Å². The van der Waals surface area contributed by atoms with E-state index < -0.39 is 23.4 Å². The fourth-order valence-electron chi connectivity index (χ4n) is 1.33. The molecular weight excluding hydrogens is 241 g/mol. The van der Waals surface area contributed by atoms with Crippen LogP contribution < -0.4 is 5.32 Å². The lowest BCUT2D eigenvalue weighted by Crippen LogP contribution is -2.18. The molecule has 0 aliphatic carbocycles. The Hall–Kier alpha value is -2.70. The molecule has 1 aromatic carbocycles. The third-order valence-electron chi connectivity index (χ3n) is 2.19. The van der Waals surface area contributed by atoms with Crippen molar-refractivity contribution in [3.63, 3.8) is 0 Å². The standard InChI is InChI=1S/C11H8FN3O3/c12-9-2-1-7(5-8(9)10(16)17)14-11(18)15-4-3-13-6-15/h1-6H,(H,14,18)(H,16,17). The number of benzene rings is 1. The van der Waals surface area contributed by atoms with E-state index in [-0.39, 0.29) is 5.69 Å². The highest BCUT2D eigenvalue weighted by Crippen LogP contribution is 2.15. The largest absolute Gasteiger partial charge is 0.478 e. The molecule has 0 spiro atoms. The highest BCUT2D eigenvalue weighted by Gasteiger charge is 2.12. The molecule has 0 unspecified atom stereocenters. The molecule has 0 aliphatic heterocycles. The topological polar surface area (TPSA) is 84.2 Å². The molecule has 18 heavy (non-hydrogen) atoms. The summed E-state index contributed by atoms with van der Waals surface area (Å²) in [5.41, 5.74) is -0.314. The van der Waals surface area contributed by atoms with Crippen molar-refractivity contribution in [1.82, 2.24) is 9.55 Å². The first-order chi connectivity index (χ1) is 8.58. The number of imidazole rings is 1. The quantitative estimate of drug-likeness (QED) is 0.849. The highest BCUT2D eigenvalue weighted by molar-refractivity contribution is 5.94. The molecular formula is C11H8FN3O3. The summed E-state index contributed by atoms with van der Waals surface area (Å²) in [4.78, 5) is 26.0. The van der Waals surface area contributed by atoms with Crippen LogP contribution in [0.15, 0.2) is 36.9 Å². The third kappa shape index (κ3) is 2.34. The number of aromatic nitrogens is 2. The number of carboxylic acids is 1. The van der Waals surface area contributed by atoms with Crippen molar-refractivity contribution in [2.24, 2.45) is 0 Å². The minimum absolute atomic E-state index is 0.188. The number of carboxylic acid groups (broad SMARTS) is 1. The van der Waals surface area contributed by atoms with E-state index in [0.717, 1.165) is 12.1 Å². The molecule has 1 heterocycles. The normalized spacial score (nSPS) is 10.1. The van der Waals surface area contributed by atoms with Crippen LogP contribution in [0, 0.1) is 5.82 Å². The van der Waals surface area contributed by atoms with Crippen LogP contribution in [-0.2, 0) is 0 Å². The maximum Gasteiger partial charge on any atom is 0.338 e. The molecule has 0 saturated heterocycles. The van der Waals surface area contributed by atoms with Gasteiger partial charge in [0.2, 0.25) is 0 Å². The average Bonchev–Trinajstić information content (AvgIpc) is 2.85. The number of halogens is 1. The number of aromatic carboxylic acids is 1. The maximum atomic E-state index is 13.1. The second-order valence-corrected chi connectivity index (χ2v) is 3.40. The van der Waals surface area contributed by atoms with Crippen LogP contribution in [0.1, 0.15) is 10.4 Å². The van der Waals surface area contributed by atoms with Crippen molar-refractivity contribution in [2.75, 3.05) is 5.32 Å². The molecule has 92 valence electrons. The van der Waals surface area contributed by atoms with Gasteiger partial charge in [0.15, 0.2) is 0 Å². The molecule has 2 aromatic rings. The number of rotatable bonds is 2. The van der Waals surface area contributed by atoms with E-state index in [1.54, 1.807) is 0 Å². The minimum atomic E-state index is -1.40. The van der Waals surface area contributed by atoms with Gasteiger partial charge in [-0.15, -0.1) is 0 Å². The summed E-state index contributed by atoms with van der Waals surface area (Å²) in [6.45, 7) is 0. The summed E-state index contributed by atoms with van der Waals surface area (Å²) in [7, 11) is 0. The van der Waals surface area contributed by atoms with E-state index in [9.17, 15) is 14.0 Å². The molecule has 0 bridgehead atoms. The van der Waals surface area contributed by atoms with Gasteiger partial charge in [0.1, 0.15) is 12.1 Å². The number of nitrogens with one attached hydrogen (secondary N) is 1. The van der Waals surface area contributed by atoms with Crippen molar-refractivity contribution in [3.05, 3.63) is 48.3 Å². The van der Waals surface area contributed by atoms with Gasteiger partial charge in [-0.05, 0) is 18.2 Å². The number of hydrogen-bond donors (Lipinski definition) is 2. The van der Waals surface area contributed by atoms with Crippen molar-refractivity contribution in [1.29, 1.82) is 0 Å². The number of nitrogens with zero attached hydrogens (tertiary/aromatic N) is 2. The summed E-state index contributed by atoms with van der Waals surface area (Å²) >= 11 is 0. The van der Waals surface area contributed by atoms with Gasteiger partial charge in [-0.3, -0.25) is 4.57 Å². The highest BCUT2D eigenvalue weighted by atomic mass is 19.1. The van der Waals surface area contributed by atoms with E-state index in [2.05, 4.69) is 10.3 Å². The Balaban J connectivity index is 2.22. The van der Waals surface area contributed by atoms with Gasteiger partial charge in [-0.1, -0.05) is 0 Å². The first-order valence-electron chi connectivity index (χ1n) is 4.90. The molecule has 1 aromatic heterocycles. The first-order valence-corrected chi connectivity index (χ1v) is 4.90. The SMILES string of the molecule is O=C(O)c1cc(NC(=O)n2ccnc2)ccc1F. The molecule has 2 N–H and O–H groups in total. The number of carbonyl (C=O) groups excluding carboxylic acids is 1. The zero-order valence-corrected chi connectivity index (χ0v) is 9.00. The van der Waals surface area contributed by atoms with Crippen LogP contribution in [0.5, 0.6) is 0 Å². The lowest BCUT2D eigenvalue weighted by atomic mass is 10.2. The summed E-state index contributed by atoms with van der Waals surface area (Å²) in [6, 6.07) is 2.78. The van der Waals surface area contributed by atoms with Gasteiger partial charge in [0.25, 0.3) is 0 Å². The van der Waals surface area contributed by atoms with Crippen molar-refractivity contribution < 1.29 is 19.1 Å². The van der Waals surface area contributed by atoms with Gasteiger partial charge in [0.05, 0.1) is 5.56 Å². The van der Waals surface area contributed by atoms with E-state index in [0.29, 0.717) is 0 Å². The molecule has 7 heteroatoms. The zero-order chi connectivity index (χ0) is 13.1. The van der Waals surface area contributed by atoms with Crippen LogP contribution in [0.3, 0.4) is 0 Å². The van der Waals surface area contributed by atoms with Gasteiger partial charge < -0.3 is 10.4 Å². The van der Waals surface area contributed by atoms with Crippen LogP contribution in [0.4, 0.5) is 14.9 Å². The van der Waals surface area contributed by atoms with Crippen LogP contribution in [-0.4, -0.2) is 26.7 Å². The van der Waals surface area contributed by atoms with Crippen molar-refractivity contribution >= 4 is 17.7 Å². The molecule has 6 nitrogen and oxygen atoms in total. The predicted molar refractivity (Wildman–Crippen MR) is 60.0 cm³/mol. The lowest BCUT2D eigenvalue weighted by Gasteiger charge is -2.06. The van der Waals surface area contributed by atoms with Gasteiger partial charge in [-0.2, -0.15) is 0 Å². The Morgan fingerprint density at radius 1 is 1.39 bits per heavy atom. The molecule has 0 atom stereocenters. The number of anilines is 1. The Kier molecular flexibility index (Phi) is 3.05. The molecule has 0 fully saturated rings. The van der Waals surface area contributed by atoms with Crippen LogP contribution in [0.2, 0.25) is 0 Å². The average molecular weight is 249 g/mol. The molecule has 1 amide bonds. The van der Waals surface area contributed by atoms with Crippen molar-refractivity contribution in [3.8, 4) is 0 Å². The van der Waals surface area contributed by atoms with Gasteiger partial charge in [0, 0.05) is 18.1 Å². The molecule has 0 aliphatic rings. The third-order valence-corrected chi connectivity index (χ3v) is 2.19. The van der Waals surface area contributed by atoms with E-state index >= 15 is 0 Å². The second kappa shape index (κ2) is 4.66. The van der Waals surface area contributed by atoms with E-state index in [1.165, 1.54) is 29.4 Å². The maximum absolute atomic E-state index is 13.1. The van der Waals surface area contributed by atoms with Crippen molar-refractivity contribution in [2.45, 2.75) is 0 Å². The number of hydrogen-bond acceptors (Lipinski definition) is 3. The Morgan fingerprint density at radius 2 is 2.17 bits per heavy atom. The molecule has 0 radical (unpaired) electrons. The zero-order valence-electron chi connectivity index (χ0n) is 9.00. The Morgan fingerprint density at radius 3 is 2.78 bits per heavy atom. The van der Waals surface area contributed by atoms with E-state index in [1.807, 2.05) is 0 Å². The monoisotopic (exact) mass is 249 g/mol. The lowest BCUT2D eigenvalue weighted by molar-refractivity contribution is 0.0692. The summed E-state index contributed by atoms with van der Waals surface area (Å²) in [5.74, 6) is -2.26. The molecule has 0 saturated carbocycles. The number of amides is 1. The fraction of sp³-hybridized carbons (Fsp3) is 0. The summed E-state index contributed by atoms with van der Waals surface area (Å²) < 4.78 is 14.3. The van der Waals surface area contributed by atoms with E-state index in [4.69, 9.17) is 5.11 Å². The minimum Gasteiger partial charge on any atom is -0.478 e. The van der Waals surface area contributed by atoms with Gasteiger partial charge in [-0.25, -0.2) is 19.0 Å².